The predicted octanol–water partition coefficient (Wildman–Crippen LogP) is 3.90. The molecule has 1 atom stereocenters. The van der Waals surface area contributed by atoms with Gasteiger partial charge in [-0.25, -0.2) is 0 Å². The fourth-order valence-corrected chi connectivity index (χ4v) is 2.88. The molecule has 7 heteroatoms. The first kappa shape index (κ1) is 18.3. The normalized spacial score (nSPS) is 18.4. The molecule has 1 aliphatic heterocycles. The van der Waals surface area contributed by atoms with Crippen molar-refractivity contribution in [2.45, 2.75) is 51.7 Å². The van der Waals surface area contributed by atoms with Crippen molar-refractivity contribution in [3.8, 4) is 0 Å². The van der Waals surface area contributed by atoms with E-state index in [0.717, 1.165) is 19.3 Å². The van der Waals surface area contributed by atoms with Crippen LogP contribution in [0.4, 0.5) is 18.9 Å². The molecule has 1 saturated heterocycles. The van der Waals surface area contributed by atoms with Crippen LogP contribution in [0.3, 0.4) is 0 Å². The van der Waals surface area contributed by atoms with Crippen LogP contribution in [0.1, 0.15) is 48.5 Å². The van der Waals surface area contributed by atoms with E-state index < -0.39 is 18.5 Å². The summed E-state index contributed by atoms with van der Waals surface area (Å²) in [6, 6.07) is 4.80. The van der Waals surface area contributed by atoms with Crippen molar-refractivity contribution in [3.63, 3.8) is 0 Å². The zero-order chi connectivity index (χ0) is 17.9. The first-order chi connectivity index (χ1) is 11.2. The number of hydrogen-bond acceptors (Lipinski definition) is 2. The lowest BCUT2D eigenvalue weighted by atomic mass is 10.0. The Morgan fingerprint density at radius 1 is 1.29 bits per heavy atom. The molecule has 0 saturated carbocycles. The second-order valence-electron chi connectivity index (χ2n) is 6.21. The molecular formula is C17H21F3N2O2. The molecule has 0 aromatic heterocycles. The van der Waals surface area contributed by atoms with Crippen molar-refractivity contribution in [1.82, 2.24) is 4.90 Å². The Balaban J connectivity index is 2.09. The van der Waals surface area contributed by atoms with Gasteiger partial charge in [0.2, 0.25) is 5.91 Å². The van der Waals surface area contributed by atoms with Crippen LogP contribution in [0.25, 0.3) is 0 Å². The van der Waals surface area contributed by atoms with Gasteiger partial charge in [0.1, 0.15) is 6.42 Å². The minimum Gasteiger partial charge on any atom is -0.336 e. The SMILES string of the molecule is Cc1cc(C(=O)N2CCCCC2C)ccc1NC(=O)CC(F)(F)F. The third-order valence-corrected chi connectivity index (χ3v) is 4.17. The van der Waals surface area contributed by atoms with Crippen molar-refractivity contribution in [3.05, 3.63) is 29.3 Å². The highest BCUT2D eigenvalue weighted by atomic mass is 19.4. The molecule has 24 heavy (non-hydrogen) atoms. The van der Waals surface area contributed by atoms with E-state index in [-0.39, 0.29) is 17.6 Å². The van der Waals surface area contributed by atoms with Crippen LogP contribution in [-0.2, 0) is 4.79 Å². The van der Waals surface area contributed by atoms with Crippen LogP contribution in [0.5, 0.6) is 0 Å². The molecule has 132 valence electrons. The number of amides is 2. The van der Waals surface area contributed by atoms with Crippen molar-refractivity contribution in [1.29, 1.82) is 0 Å². The zero-order valence-corrected chi connectivity index (χ0v) is 13.7. The average Bonchev–Trinajstić information content (AvgIpc) is 2.47. The van der Waals surface area contributed by atoms with Crippen LogP contribution in [0.15, 0.2) is 18.2 Å². The number of halogens is 3. The monoisotopic (exact) mass is 342 g/mol. The second kappa shape index (κ2) is 7.23. The van der Waals surface area contributed by atoms with E-state index in [1.165, 1.54) is 6.07 Å². The fraction of sp³-hybridized carbons (Fsp3) is 0.529. The van der Waals surface area contributed by atoms with Crippen molar-refractivity contribution in [2.75, 3.05) is 11.9 Å². The van der Waals surface area contributed by atoms with Crippen LogP contribution < -0.4 is 5.32 Å². The van der Waals surface area contributed by atoms with Gasteiger partial charge in [0.25, 0.3) is 5.91 Å². The molecule has 0 bridgehead atoms. The zero-order valence-electron chi connectivity index (χ0n) is 13.7. The van der Waals surface area contributed by atoms with Gasteiger partial charge in [-0.15, -0.1) is 0 Å². The summed E-state index contributed by atoms with van der Waals surface area (Å²) in [4.78, 5) is 25.8. The highest BCUT2D eigenvalue weighted by molar-refractivity contribution is 5.96. The summed E-state index contributed by atoms with van der Waals surface area (Å²) in [6.07, 6.45) is -3.03. The third kappa shape index (κ3) is 4.72. The van der Waals surface area contributed by atoms with E-state index >= 15 is 0 Å². The van der Waals surface area contributed by atoms with Gasteiger partial charge in [0.15, 0.2) is 0 Å². The van der Waals surface area contributed by atoms with E-state index in [4.69, 9.17) is 0 Å². The van der Waals surface area contributed by atoms with E-state index in [2.05, 4.69) is 5.32 Å². The number of likely N-dealkylation sites (tertiary alicyclic amines) is 1. The predicted molar refractivity (Wildman–Crippen MR) is 84.8 cm³/mol. The number of carbonyl (C=O) groups is 2. The number of nitrogens with zero attached hydrogens (tertiary/aromatic N) is 1. The number of alkyl halides is 3. The van der Waals surface area contributed by atoms with Gasteiger partial charge in [-0.3, -0.25) is 9.59 Å². The largest absolute Gasteiger partial charge is 0.397 e. The quantitative estimate of drug-likeness (QED) is 0.906. The maximum atomic E-state index is 12.6. The van der Waals surface area contributed by atoms with E-state index in [1.807, 2.05) is 11.8 Å². The van der Waals surface area contributed by atoms with Crippen LogP contribution >= 0.6 is 0 Å². The van der Waals surface area contributed by atoms with Crippen LogP contribution in [0, 0.1) is 6.92 Å². The number of hydrogen-bond donors (Lipinski definition) is 1. The topological polar surface area (TPSA) is 49.4 Å². The number of anilines is 1. The summed E-state index contributed by atoms with van der Waals surface area (Å²) in [5.74, 6) is -1.20. The molecule has 1 aromatic carbocycles. The summed E-state index contributed by atoms with van der Waals surface area (Å²) < 4.78 is 36.6. The summed E-state index contributed by atoms with van der Waals surface area (Å²) in [6.45, 7) is 4.37. The first-order valence-electron chi connectivity index (χ1n) is 7.95. The Bertz CT molecular complexity index is 629. The van der Waals surface area contributed by atoms with Crippen molar-refractivity contribution in [2.24, 2.45) is 0 Å². The smallest absolute Gasteiger partial charge is 0.336 e. The van der Waals surface area contributed by atoms with Gasteiger partial charge >= 0.3 is 6.18 Å². The van der Waals surface area contributed by atoms with Crippen molar-refractivity contribution >= 4 is 17.5 Å². The standard InChI is InChI=1S/C17H21F3N2O2/c1-11-9-13(16(24)22-8-4-3-5-12(22)2)6-7-14(11)21-15(23)10-17(18,19)20/h6-7,9,12H,3-5,8,10H2,1-2H3,(H,21,23). The van der Waals surface area contributed by atoms with E-state index in [0.29, 0.717) is 17.7 Å². The molecule has 0 aliphatic carbocycles. The first-order valence-corrected chi connectivity index (χ1v) is 7.95. The maximum absolute atomic E-state index is 12.6. The number of rotatable bonds is 3. The number of nitrogens with one attached hydrogen (secondary N) is 1. The lowest BCUT2D eigenvalue weighted by molar-refractivity contribution is -0.150. The number of carbonyl (C=O) groups excluding carboxylic acids is 2. The highest BCUT2D eigenvalue weighted by Crippen LogP contribution is 2.24. The molecule has 0 spiro atoms. The molecule has 2 amide bonds. The number of aryl methyl sites for hydroxylation is 1. The van der Waals surface area contributed by atoms with Gasteiger partial charge in [-0.1, -0.05) is 0 Å². The highest BCUT2D eigenvalue weighted by Gasteiger charge is 2.31. The Kier molecular flexibility index (Phi) is 5.51. The summed E-state index contributed by atoms with van der Waals surface area (Å²) in [5.41, 5.74) is 1.32. The van der Waals surface area contributed by atoms with Gasteiger partial charge in [-0.05, 0) is 56.9 Å². The number of benzene rings is 1. The molecule has 2 rings (SSSR count). The Morgan fingerprint density at radius 2 is 2.00 bits per heavy atom. The van der Waals surface area contributed by atoms with Gasteiger partial charge < -0.3 is 10.2 Å². The molecule has 1 aromatic rings. The summed E-state index contributed by atoms with van der Waals surface area (Å²) >= 11 is 0. The van der Waals surface area contributed by atoms with Gasteiger partial charge in [0, 0.05) is 23.8 Å². The summed E-state index contributed by atoms with van der Waals surface area (Å²) in [7, 11) is 0. The molecule has 0 radical (unpaired) electrons. The Labute approximate surface area is 139 Å². The minimum absolute atomic E-state index is 0.0848. The molecule has 1 aliphatic rings. The van der Waals surface area contributed by atoms with Crippen LogP contribution in [0.2, 0.25) is 0 Å². The second-order valence-corrected chi connectivity index (χ2v) is 6.21. The molecule has 1 heterocycles. The van der Waals surface area contributed by atoms with E-state index in [1.54, 1.807) is 19.1 Å². The maximum Gasteiger partial charge on any atom is 0.397 e. The van der Waals surface area contributed by atoms with Crippen LogP contribution in [-0.4, -0.2) is 35.5 Å². The molecule has 1 N–H and O–H groups in total. The fourth-order valence-electron chi connectivity index (χ4n) is 2.88. The van der Waals surface area contributed by atoms with Crippen molar-refractivity contribution < 1.29 is 22.8 Å². The third-order valence-electron chi connectivity index (χ3n) is 4.17. The minimum atomic E-state index is -4.54. The summed E-state index contributed by atoms with van der Waals surface area (Å²) in [5, 5.41) is 2.24. The Morgan fingerprint density at radius 3 is 2.58 bits per heavy atom. The lowest BCUT2D eigenvalue weighted by Gasteiger charge is -2.33. The molecule has 4 nitrogen and oxygen atoms in total. The number of piperidine rings is 1. The lowest BCUT2D eigenvalue weighted by Crippen LogP contribution is -2.42. The van der Waals surface area contributed by atoms with Gasteiger partial charge in [-0.2, -0.15) is 13.2 Å². The van der Waals surface area contributed by atoms with E-state index in [9.17, 15) is 22.8 Å². The van der Waals surface area contributed by atoms with Gasteiger partial charge in [0.05, 0.1) is 0 Å². The molecular weight excluding hydrogens is 321 g/mol. The molecule has 1 unspecified atom stereocenters. The Hall–Kier alpha value is -2.05. The molecule has 1 fully saturated rings. The average molecular weight is 342 g/mol.